The Bertz CT molecular complexity index is 819. The maximum atomic E-state index is 11.8. The van der Waals surface area contributed by atoms with Crippen molar-refractivity contribution in [3.63, 3.8) is 0 Å². The summed E-state index contributed by atoms with van der Waals surface area (Å²) in [5.41, 5.74) is 5.84. The molecule has 0 aromatic carbocycles. The number of hydrogen-bond acceptors (Lipinski definition) is 10. The lowest BCUT2D eigenvalue weighted by Crippen LogP contribution is -2.37. The van der Waals surface area contributed by atoms with E-state index in [1.54, 1.807) is 20.8 Å². The van der Waals surface area contributed by atoms with Crippen LogP contribution in [0.4, 0.5) is 5.82 Å². The van der Waals surface area contributed by atoms with Gasteiger partial charge >= 0.3 is 5.97 Å². The van der Waals surface area contributed by atoms with Crippen LogP contribution in [-0.2, 0) is 19.0 Å². The first-order chi connectivity index (χ1) is 12.7. The summed E-state index contributed by atoms with van der Waals surface area (Å²) in [5.74, 6) is -0.243. The Hall–Kier alpha value is -2.34. The first kappa shape index (κ1) is 19.4. The molecule has 1 fully saturated rings. The van der Waals surface area contributed by atoms with Gasteiger partial charge in [0.2, 0.25) is 0 Å². The number of nitrogens with two attached hydrogens (primary N) is 1. The molecule has 11 nitrogen and oxygen atoms in total. The number of hydrogen-bond donors (Lipinski definition) is 3. The predicted octanol–water partition coefficient (Wildman–Crippen LogP) is -0.409. The molecule has 2 aromatic heterocycles. The van der Waals surface area contributed by atoms with Gasteiger partial charge in [-0.05, 0) is 20.8 Å². The van der Waals surface area contributed by atoms with E-state index in [-0.39, 0.29) is 12.6 Å². The molecule has 0 aliphatic carbocycles. The molecular weight excluding hydrogens is 358 g/mol. The fourth-order valence-electron chi connectivity index (χ4n) is 2.74. The molecule has 4 N–H and O–H groups in total. The molecule has 148 valence electrons. The van der Waals surface area contributed by atoms with Crippen LogP contribution in [0.15, 0.2) is 12.7 Å². The molecule has 4 atom stereocenters. The third kappa shape index (κ3) is 3.72. The number of fused-ring (bicyclic) bond motifs is 1. The summed E-state index contributed by atoms with van der Waals surface area (Å²) in [7, 11) is 0. The smallest absolute Gasteiger partial charge is 0.313 e. The van der Waals surface area contributed by atoms with Gasteiger partial charge in [-0.2, -0.15) is 0 Å². The number of rotatable bonds is 5. The summed E-state index contributed by atoms with van der Waals surface area (Å²) in [6, 6.07) is 0. The van der Waals surface area contributed by atoms with E-state index in [1.165, 1.54) is 17.2 Å². The number of aromatic nitrogens is 4. The second-order valence-corrected chi connectivity index (χ2v) is 7.25. The average Bonchev–Trinajstić information content (AvgIpc) is 3.16. The van der Waals surface area contributed by atoms with Crippen LogP contribution in [-0.4, -0.2) is 67.4 Å². The molecule has 0 saturated carbocycles. The standard InChI is InChI=1S/C16H23N5O6/c1-16(2,3)15(24)26-7-25-11-8(4-22)27-14(10(11)23)21-6-20-9-12(17)18-5-19-13(9)21/h5-6,8,10-11,14,22-23H,4,7H2,1-3H3,(H2,17,18,19)/t8-,10?,11?,14-/m1/s1. The van der Waals surface area contributed by atoms with Crippen molar-refractivity contribution >= 4 is 23.0 Å². The number of aliphatic hydroxyl groups is 2. The van der Waals surface area contributed by atoms with Crippen LogP contribution in [0, 0.1) is 5.41 Å². The molecule has 0 spiro atoms. The largest absolute Gasteiger partial charge is 0.438 e. The van der Waals surface area contributed by atoms with Crippen LogP contribution < -0.4 is 5.73 Å². The molecular formula is C16H23N5O6. The van der Waals surface area contributed by atoms with Crippen molar-refractivity contribution < 1.29 is 29.2 Å². The fraction of sp³-hybridized carbons (Fsp3) is 0.625. The minimum absolute atomic E-state index is 0.201. The first-order valence-corrected chi connectivity index (χ1v) is 8.40. The van der Waals surface area contributed by atoms with Crippen molar-refractivity contribution in [3.05, 3.63) is 12.7 Å². The quantitative estimate of drug-likeness (QED) is 0.460. The Balaban J connectivity index is 1.74. The number of aliphatic hydroxyl groups excluding tert-OH is 2. The summed E-state index contributed by atoms with van der Waals surface area (Å²) in [6.07, 6.45) is -1.12. The predicted molar refractivity (Wildman–Crippen MR) is 92.0 cm³/mol. The lowest BCUT2D eigenvalue weighted by Gasteiger charge is -2.21. The topological polar surface area (TPSA) is 155 Å². The van der Waals surface area contributed by atoms with Gasteiger partial charge in [0, 0.05) is 0 Å². The number of nitrogens with zero attached hydrogens (tertiary/aromatic N) is 4. The summed E-state index contributed by atoms with van der Waals surface area (Å²) in [5, 5.41) is 20.2. The summed E-state index contributed by atoms with van der Waals surface area (Å²) < 4.78 is 17.7. The van der Waals surface area contributed by atoms with Gasteiger partial charge in [0.25, 0.3) is 0 Å². The van der Waals surface area contributed by atoms with Crippen LogP contribution in [0.2, 0.25) is 0 Å². The number of carbonyl (C=O) groups excluding carboxylic acids is 1. The minimum atomic E-state index is -1.16. The van der Waals surface area contributed by atoms with E-state index in [1.807, 2.05) is 0 Å². The fourth-order valence-corrected chi connectivity index (χ4v) is 2.74. The summed E-state index contributed by atoms with van der Waals surface area (Å²) in [6.45, 7) is 4.38. The number of anilines is 1. The number of esters is 1. The van der Waals surface area contributed by atoms with Crippen LogP contribution in [0.3, 0.4) is 0 Å². The van der Waals surface area contributed by atoms with E-state index in [4.69, 9.17) is 19.9 Å². The van der Waals surface area contributed by atoms with Crippen molar-refractivity contribution in [2.45, 2.75) is 45.3 Å². The number of imidazole rings is 1. The maximum absolute atomic E-state index is 11.8. The molecule has 2 unspecified atom stereocenters. The average molecular weight is 381 g/mol. The Morgan fingerprint density at radius 1 is 1.37 bits per heavy atom. The zero-order valence-corrected chi connectivity index (χ0v) is 15.3. The lowest BCUT2D eigenvalue weighted by molar-refractivity contribution is -0.177. The highest BCUT2D eigenvalue weighted by Gasteiger charge is 2.46. The Morgan fingerprint density at radius 3 is 2.78 bits per heavy atom. The summed E-state index contributed by atoms with van der Waals surface area (Å²) in [4.78, 5) is 23.9. The SMILES string of the molecule is CC(C)(C)C(=O)OCOC1C(O)[C@H](n2cnc3c(N)ncnc32)O[C@@H]1CO. The lowest BCUT2D eigenvalue weighted by atomic mass is 9.98. The molecule has 1 saturated heterocycles. The van der Waals surface area contributed by atoms with Crippen molar-refractivity contribution in [2.75, 3.05) is 19.1 Å². The molecule has 2 aromatic rings. The third-order valence-electron chi connectivity index (χ3n) is 4.21. The van der Waals surface area contributed by atoms with Crippen molar-refractivity contribution in [2.24, 2.45) is 5.41 Å². The van der Waals surface area contributed by atoms with Gasteiger partial charge in [-0.15, -0.1) is 0 Å². The minimum Gasteiger partial charge on any atom is -0.438 e. The third-order valence-corrected chi connectivity index (χ3v) is 4.21. The van der Waals surface area contributed by atoms with Gasteiger partial charge in [-0.3, -0.25) is 9.36 Å². The maximum Gasteiger partial charge on any atom is 0.313 e. The van der Waals surface area contributed by atoms with Gasteiger partial charge in [-0.25, -0.2) is 15.0 Å². The molecule has 0 radical (unpaired) electrons. The van der Waals surface area contributed by atoms with Crippen LogP contribution >= 0.6 is 0 Å². The number of nitrogen functional groups attached to an aromatic ring is 1. The number of ether oxygens (including phenoxy) is 3. The molecule has 0 amide bonds. The van der Waals surface area contributed by atoms with Gasteiger partial charge in [0.15, 0.2) is 24.5 Å². The second-order valence-electron chi connectivity index (χ2n) is 7.25. The van der Waals surface area contributed by atoms with Crippen LogP contribution in [0.1, 0.15) is 27.0 Å². The molecule has 1 aliphatic heterocycles. The first-order valence-electron chi connectivity index (χ1n) is 8.40. The van der Waals surface area contributed by atoms with E-state index >= 15 is 0 Å². The van der Waals surface area contributed by atoms with E-state index in [0.717, 1.165) is 0 Å². The van der Waals surface area contributed by atoms with Gasteiger partial charge in [0.05, 0.1) is 18.3 Å². The van der Waals surface area contributed by atoms with Crippen LogP contribution in [0.5, 0.6) is 0 Å². The van der Waals surface area contributed by atoms with Crippen molar-refractivity contribution in [1.29, 1.82) is 0 Å². The van der Waals surface area contributed by atoms with E-state index < -0.39 is 42.5 Å². The van der Waals surface area contributed by atoms with E-state index in [2.05, 4.69) is 15.0 Å². The molecule has 3 heterocycles. The van der Waals surface area contributed by atoms with E-state index in [9.17, 15) is 15.0 Å². The zero-order chi connectivity index (χ0) is 19.8. The highest BCUT2D eigenvalue weighted by molar-refractivity contribution is 5.81. The van der Waals surface area contributed by atoms with Gasteiger partial charge in [-0.1, -0.05) is 0 Å². The monoisotopic (exact) mass is 381 g/mol. The Kier molecular flexibility index (Phi) is 5.29. The van der Waals surface area contributed by atoms with Crippen molar-refractivity contribution in [3.8, 4) is 0 Å². The molecule has 11 heteroatoms. The molecule has 3 rings (SSSR count). The molecule has 27 heavy (non-hydrogen) atoms. The number of carbonyl (C=O) groups is 1. The molecule has 1 aliphatic rings. The highest BCUT2D eigenvalue weighted by atomic mass is 16.7. The van der Waals surface area contributed by atoms with E-state index in [0.29, 0.717) is 11.2 Å². The normalized spacial score (nSPS) is 25.8. The van der Waals surface area contributed by atoms with Crippen molar-refractivity contribution in [1.82, 2.24) is 19.5 Å². The van der Waals surface area contributed by atoms with Gasteiger partial charge in [0.1, 0.15) is 30.2 Å². The second kappa shape index (κ2) is 7.35. The Morgan fingerprint density at radius 2 is 2.11 bits per heavy atom. The Labute approximate surface area is 155 Å². The highest BCUT2D eigenvalue weighted by Crippen LogP contribution is 2.33. The summed E-state index contributed by atoms with van der Waals surface area (Å²) >= 11 is 0. The van der Waals surface area contributed by atoms with Gasteiger partial charge < -0.3 is 30.2 Å². The van der Waals surface area contributed by atoms with Crippen LogP contribution in [0.25, 0.3) is 11.2 Å². The zero-order valence-electron chi connectivity index (χ0n) is 15.3. The molecule has 0 bridgehead atoms.